The van der Waals surface area contributed by atoms with E-state index in [4.69, 9.17) is 4.74 Å². The highest BCUT2D eigenvalue weighted by atomic mass is 16.5. The lowest BCUT2D eigenvalue weighted by molar-refractivity contribution is 0.101. The number of nitrogens with zero attached hydrogens (tertiary/aromatic N) is 2. The van der Waals surface area contributed by atoms with Gasteiger partial charge in [0, 0.05) is 12.6 Å². The highest BCUT2D eigenvalue weighted by Crippen LogP contribution is 2.25. The largest absolute Gasteiger partial charge is 0.425 e. The second kappa shape index (κ2) is 4.81. The van der Waals surface area contributed by atoms with Gasteiger partial charge in [-0.2, -0.15) is 4.98 Å². The van der Waals surface area contributed by atoms with Crippen molar-refractivity contribution in [2.45, 2.75) is 6.92 Å². The average molecular weight is 266 g/mol. The Hall–Kier alpha value is -2.62. The van der Waals surface area contributed by atoms with Crippen molar-refractivity contribution in [2.75, 3.05) is 0 Å². The maximum atomic E-state index is 11.4. The molecule has 2 aromatic carbocycles. The first kappa shape index (κ1) is 12.4. The van der Waals surface area contributed by atoms with Gasteiger partial charge >= 0.3 is 6.01 Å². The molecule has 0 saturated carbocycles. The molecule has 1 aromatic heterocycles. The van der Waals surface area contributed by atoms with Crippen molar-refractivity contribution < 1.29 is 9.53 Å². The fourth-order valence-corrected chi connectivity index (χ4v) is 2.10. The molecule has 100 valence electrons. The molecule has 0 saturated heterocycles. The molecule has 4 heteroatoms. The van der Waals surface area contributed by atoms with Crippen LogP contribution in [0.3, 0.4) is 0 Å². The fourth-order valence-electron chi connectivity index (χ4n) is 2.10. The maximum Gasteiger partial charge on any atom is 0.302 e. The Kier molecular flexibility index (Phi) is 2.99. The Balaban J connectivity index is 1.99. The summed E-state index contributed by atoms with van der Waals surface area (Å²) in [6, 6.07) is 15.4. The van der Waals surface area contributed by atoms with Gasteiger partial charge in [0.05, 0.1) is 11.0 Å². The summed E-state index contributed by atoms with van der Waals surface area (Å²) in [5.41, 5.74) is 2.51. The predicted octanol–water partition coefficient (Wildman–Crippen LogP) is 3.57. The van der Waals surface area contributed by atoms with E-state index in [0.717, 1.165) is 11.0 Å². The molecule has 0 unspecified atom stereocenters. The summed E-state index contributed by atoms with van der Waals surface area (Å²) >= 11 is 0. The zero-order valence-corrected chi connectivity index (χ0v) is 11.3. The number of hydrogen-bond acceptors (Lipinski definition) is 3. The van der Waals surface area contributed by atoms with Crippen molar-refractivity contribution >= 4 is 16.8 Å². The van der Waals surface area contributed by atoms with E-state index >= 15 is 0 Å². The number of hydrogen-bond donors (Lipinski definition) is 0. The summed E-state index contributed by atoms with van der Waals surface area (Å²) in [7, 11) is 1.90. The standard InChI is InChI=1S/C16H14N2O2/c1-11(19)12-6-5-7-13(10-12)20-16-17-14-8-3-4-9-15(14)18(16)2/h3-10H,1-2H3. The number of carbonyl (C=O) groups excluding carboxylic acids is 1. The van der Waals surface area contributed by atoms with Crippen LogP contribution in [-0.4, -0.2) is 15.3 Å². The van der Waals surface area contributed by atoms with Crippen LogP contribution in [0.4, 0.5) is 0 Å². The zero-order chi connectivity index (χ0) is 14.1. The number of carbonyl (C=O) groups is 1. The van der Waals surface area contributed by atoms with Crippen LogP contribution in [0.2, 0.25) is 0 Å². The van der Waals surface area contributed by atoms with Crippen molar-refractivity contribution in [3.8, 4) is 11.8 Å². The molecule has 0 aliphatic carbocycles. The monoisotopic (exact) mass is 266 g/mol. The number of Topliss-reactive ketones (excluding diaryl/α,β-unsaturated/α-hetero) is 1. The molecule has 0 spiro atoms. The lowest BCUT2D eigenvalue weighted by Gasteiger charge is -2.06. The molecule has 1 heterocycles. The van der Waals surface area contributed by atoms with Gasteiger partial charge in [0.1, 0.15) is 5.75 Å². The normalized spacial score (nSPS) is 10.7. The molecule has 0 bridgehead atoms. The third kappa shape index (κ3) is 2.16. The van der Waals surface area contributed by atoms with Crippen molar-refractivity contribution in [2.24, 2.45) is 7.05 Å². The van der Waals surface area contributed by atoms with Crippen LogP contribution in [0.25, 0.3) is 11.0 Å². The van der Waals surface area contributed by atoms with Crippen LogP contribution in [0, 0.1) is 0 Å². The number of rotatable bonds is 3. The molecule has 0 fully saturated rings. The van der Waals surface area contributed by atoms with Crippen molar-refractivity contribution in [1.29, 1.82) is 0 Å². The molecular formula is C16H14N2O2. The fraction of sp³-hybridized carbons (Fsp3) is 0.125. The minimum atomic E-state index is 0.0143. The second-order valence-electron chi connectivity index (χ2n) is 4.63. The smallest absolute Gasteiger partial charge is 0.302 e. The summed E-state index contributed by atoms with van der Waals surface area (Å²) in [5, 5.41) is 0. The van der Waals surface area contributed by atoms with Gasteiger partial charge in [0.15, 0.2) is 5.78 Å². The van der Waals surface area contributed by atoms with E-state index in [1.54, 1.807) is 18.2 Å². The third-order valence-electron chi connectivity index (χ3n) is 3.20. The highest BCUT2D eigenvalue weighted by molar-refractivity contribution is 5.94. The number of imidazole rings is 1. The van der Waals surface area contributed by atoms with Gasteiger partial charge in [0.2, 0.25) is 0 Å². The quantitative estimate of drug-likeness (QED) is 0.681. The first-order valence-corrected chi connectivity index (χ1v) is 6.35. The SMILES string of the molecule is CC(=O)c1cccc(Oc2nc3ccccc3n2C)c1. The zero-order valence-electron chi connectivity index (χ0n) is 11.3. The van der Waals surface area contributed by atoms with E-state index < -0.39 is 0 Å². The molecule has 0 aliphatic rings. The first-order chi connectivity index (χ1) is 9.65. The number of benzene rings is 2. The minimum absolute atomic E-state index is 0.0143. The van der Waals surface area contributed by atoms with Crippen molar-refractivity contribution in [3.63, 3.8) is 0 Å². The van der Waals surface area contributed by atoms with Gasteiger partial charge in [-0.05, 0) is 31.2 Å². The van der Waals surface area contributed by atoms with Crippen LogP contribution < -0.4 is 4.74 Å². The van der Waals surface area contributed by atoms with Gasteiger partial charge in [-0.1, -0.05) is 24.3 Å². The number of fused-ring (bicyclic) bond motifs is 1. The predicted molar refractivity (Wildman–Crippen MR) is 77.2 cm³/mol. The number of aromatic nitrogens is 2. The molecule has 0 atom stereocenters. The topological polar surface area (TPSA) is 44.1 Å². The van der Waals surface area contributed by atoms with Gasteiger partial charge in [-0.25, -0.2) is 0 Å². The van der Waals surface area contributed by atoms with Crippen LogP contribution in [0.5, 0.6) is 11.8 Å². The van der Waals surface area contributed by atoms with E-state index in [0.29, 0.717) is 17.3 Å². The molecule has 0 radical (unpaired) electrons. The van der Waals surface area contributed by atoms with Gasteiger partial charge in [-0.3, -0.25) is 9.36 Å². The van der Waals surface area contributed by atoms with Crippen LogP contribution in [0.15, 0.2) is 48.5 Å². The minimum Gasteiger partial charge on any atom is -0.425 e. The third-order valence-corrected chi connectivity index (χ3v) is 3.20. The summed E-state index contributed by atoms with van der Waals surface area (Å²) in [4.78, 5) is 15.8. The van der Waals surface area contributed by atoms with Crippen molar-refractivity contribution in [1.82, 2.24) is 9.55 Å². The number of aryl methyl sites for hydroxylation is 1. The molecule has 0 aliphatic heterocycles. The molecule has 3 rings (SSSR count). The summed E-state index contributed by atoms with van der Waals surface area (Å²) in [6.45, 7) is 1.54. The van der Waals surface area contributed by atoms with E-state index in [-0.39, 0.29) is 5.78 Å². The number of ketones is 1. The van der Waals surface area contributed by atoms with Crippen LogP contribution in [0.1, 0.15) is 17.3 Å². The Morgan fingerprint density at radius 2 is 1.95 bits per heavy atom. The lowest BCUT2D eigenvalue weighted by Crippen LogP contribution is -1.96. The molecule has 4 nitrogen and oxygen atoms in total. The Bertz CT molecular complexity index is 790. The molecule has 3 aromatic rings. The molecule has 0 amide bonds. The summed E-state index contributed by atoms with van der Waals surface area (Å²) < 4.78 is 7.67. The van der Waals surface area contributed by atoms with Gasteiger partial charge in [-0.15, -0.1) is 0 Å². The van der Waals surface area contributed by atoms with Crippen molar-refractivity contribution in [3.05, 3.63) is 54.1 Å². The van der Waals surface area contributed by atoms with E-state index in [2.05, 4.69) is 4.98 Å². The summed E-state index contributed by atoms with van der Waals surface area (Å²) in [5.74, 6) is 0.622. The molecular weight excluding hydrogens is 252 g/mol. The van der Waals surface area contributed by atoms with Crippen LogP contribution >= 0.6 is 0 Å². The molecule has 20 heavy (non-hydrogen) atoms. The van der Waals surface area contributed by atoms with E-state index in [1.165, 1.54) is 6.92 Å². The number of para-hydroxylation sites is 2. The lowest BCUT2D eigenvalue weighted by atomic mass is 10.1. The van der Waals surface area contributed by atoms with E-state index in [9.17, 15) is 4.79 Å². The Morgan fingerprint density at radius 3 is 2.70 bits per heavy atom. The van der Waals surface area contributed by atoms with Gasteiger partial charge in [0.25, 0.3) is 0 Å². The second-order valence-corrected chi connectivity index (χ2v) is 4.63. The first-order valence-electron chi connectivity index (χ1n) is 6.35. The van der Waals surface area contributed by atoms with Crippen LogP contribution in [-0.2, 0) is 7.05 Å². The highest BCUT2D eigenvalue weighted by Gasteiger charge is 2.10. The Labute approximate surface area is 116 Å². The summed E-state index contributed by atoms with van der Waals surface area (Å²) in [6.07, 6.45) is 0. The van der Waals surface area contributed by atoms with Gasteiger partial charge < -0.3 is 4.74 Å². The number of ether oxygens (including phenoxy) is 1. The van der Waals surface area contributed by atoms with E-state index in [1.807, 2.05) is 41.9 Å². The maximum absolute atomic E-state index is 11.4. The Morgan fingerprint density at radius 1 is 1.15 bits per heavy atom. The molecule has 0 N–H and O–H groups in total. The average Bonchev–Trinajstić information content (AvgIpc) is 2.76.